The molecule has 0 aliphatic carbocycles. The van der Waals surface area contributed by atoms with Crippen LogP contribution in [0.4, 0.5) is 13.2 Å². The van der Waals surface area contributed by atoms with E-state index < -0.39 is 11.7 Å². The van der Waals surface area contributed by atoms with Crippen molar-refractivity contribution in [2.75, 3.05) is 13.1 Å². The fourth-order valence-electron chi connectivity index (χ4n) is 4.04. The zero-order valence-corrected chi connectivity index (χ0v) is 16.7. The number of aryl methyl sites for hydroxylation is 1. The van der Waals surface area contributed by atoms with Crippen molar-refractivity contribution >= 4 is 17.0 Å². The van der Waals surface area contributed by atoms with E-state index in [2.05, 4.69) is 15.2 Å². The zero-order valence-electron chi connectivity index (χ0n) is 16.7. The van der Waals surface area contributed by atoms with Crippen LogP contribution >= 0.6 is 0 Å². The lowest BCUT2D eigenvalue weighted by atomic mass is 9.91. The monoisotopic (exact) mass is 421 g/mol. The van der Waals surface area contributed by atoms with Crippen LogP contribution in [0.25, 0.3) is 11.1 Å². The molecule has 4 heterocycles. The third-order valence-corrected chi connectivity index (χ3v) is 5.51. The molecule has 1 saturated heterocycles. The van der Waals surface area contributed by atoms with Crippen molar-refractivity contribution in [3.8, 4) is 0 Å². The number of aromatic nitrogens is 4. The van der Waals surface area contributed by atoms with Gasteiger partial charge in [-0.1, -0.05) is 5.16 Å². The minimum Gasteiger partial charge on any atom is -0.342 e. The number of nitrogens with zero attached hydrogens (tertiary/aromatic N) is 5. The first-order chi connectivity index (χ1) is 14.2. The van der Waals surface area contributed by atoms with Gasteiger partial charge in [0.05, 0.1) is 22.7 Å². The Bertz CT molecular complexity index is 1040. The van der Waals surface area contributed by atoms with E-state index in [1.54, 1.807) is 28.0 Å². The third-order valence-electron chi connectivity index (χ3n) is 5.51. The highest BCUT2D eigenvalue weighted by atomic mass is 19.4. The summed E-state index contributed by atoms with van der Waals surface area (Å²) in [6.45, 7) is 4.26. The summed E-state index contributed by atoms with van der Waals surface area (Å²) < 4.78 is 47.8. The van der Waals surface area contributed by atoms with Gasteiger partial charge in [-0.25, -0.2) is 4.98 Å². The largest absolute Gasteiger partial charge is 0.417 e. The minimum absolute atomic E-state index is 0.0551. The first-order valence-corrected chi connectivity index (χ1v) is 9.85. The lowest BCUT2D eigenvalue weighted by molar-refractivity contribution is -0.136. The Balaban J connectivity index is 1.58. The second-order valence-electron chi connectivity index (χ2n) is 7.78. The van der Waals surface area contributed by atoms with Crippen LogP contribution in [0.3, 0.4) is 0 Å². The predicted octanol–water partition coefficient (Wildman–Crippen LogP) is 4.10. The van der Waals surface area contributed by atoms with Gasteiger partial charge in [-0.3, -0.25) is 9.48 Å². The average molecular weight is 421 g/mol. The molecule has 3 aromatic heterocycles. The number of pyridine rings is 1. The summed E-state index contributed by atoms with van der Waals surface area (Å²) >= 11 is 0. The van der Waals surface area contributed by atoms with Gasteiger partial charge in [0.1, 0.15) is 0 Å². The van der Waals surface area contributed by atoms with E-state index in [-0.39, 0.29) is 46.8 Å². The second-order valence-corrected chi connectivity index (χ2v) is 7.78. The number of carbonyl (C=O) groups is 1. The quantitative estimate of drug-likeness (QED) is 0.634. The summed E-state index contributed by atoms with van der Waals surface area (Å²) in [4.78, 5) is 18.6. The number of carbonyl (C=O) groups excluding carboxylic acids is 1. The molecule has 1 amide bonds. The van der Waals surface area contributed by atoms with Gasteiger partial charge in [-0.2, -0.15) is 18.3 Å². The normalized spacial score (nSPS) is 18.7. The van der Waals surface area contributed by atoms with E-state index in [9.17, 15) is 18.0 Å². The smallest absolute Gasteiger partial charge is 0.342 e. The van der Waals surface area contributed by atoms with Crippen molar-refractivity contribution in [1.82, 2.24) is 24.8 Å². The molecule has 1 aliphatic rings. The lowest BCUT2D eigenvalue weighted by Gasteiger charge is -2.32. The van der Waals surface area contributed by atoms with Gasteiger partial charge in [-0.15, -0.1) is 0 Å². The van der Waals surface area contributed by atoms with Crippen molar-refractivity contribution in [3.63, 3.8) is 0 Å². The Morgan fingerprint density at radius 3 is 2.90 bits per heavy atom. The van der Waals surface area contributed by atoms with E-state index in [1.165, 1.54) is 6.92 Å². The molecular formula is C20H22F3N5O2. The highest BCUT2D eigenvalue weighted by Gasteiger charge is 2.38. The topological polar surface area (TPSA) is 77.0 Å². The number of hydrogen-bond donors (Lipinski definition) is 0. The number of rotatable bonds is 4. The maximum Gasteiger partial charge on any atom is 0.417 e. The standard InChI is InChI=1S/C20H22F3N5O2/c1-12-9-15(20(21,22)23)17-18(26-30-19(17)25-12)14-5-3-7-27(11-14)16(29)10-13(2)28-8-4-6-24-28/h4,6,8-9,13-14H,3,5,7,10-11H2,1-2H3/t13-,14-/m0/s1. The summed E-state index contributed by atoms with van der Waals surface area (Å²) in [5, 5.41) is 7.99. The van der Waals surface area contributed by atoms with E-state index >= 15 is 0 Å². The van der Waals surface area contributed by atoms with Crippen LogP contribution in [-0.2, 0) is 11.0 Å². The fourth-order valence-corrected chi connectivity index (χ4v) is 4.04. The van der Waals surface area contributed by atoms with Crippen LogP contribution in [0.5, 0.6) is 0 Å². The molecule has 0 bridgehead atoms. The van der Waals surface area contributed by atoms with Crippen LogP contribution in [0.2, 0.25) is 0 Å². The van der Waals surface area contributed by atoms with Crippen LogP contribution in [-0.4, -0.2) is 43.8 Å². The molecule has 0 saturated carbocycles. The SMILES string of the molecule is Cc1cc(C(F)(F)F)c2c([C@H]3CCCN(C(=O)C[C@H](C)n4cccn4)C3)noc2n1. The number of alkyl halides is 3. The molecule has 10 heteroatoms. The summed E-state index contributed by atoms with van der Waals surface area (Å²) in [6, 6.07) is 2.70. The molecule has 4 rings (SSSR count). The van der Waals surface area contributed by atoms with E-state index in [1.807, 2.05) is 6.92 Å². The Labute approximate surface area is 170 Å². The summed E-state index contributed by atoms with van der Waals surface area (Å²) in [6.07, 6.45) is 0.485. The van der Waals surface area contributed by atoms with Crippen LogP contribution < -0.4 is 0 Å². The average Bonchev–Trinajstić information content (AvgIpc) is 3.36. The zero-order chi connectivity index (χ0) is 21.5. The first-order valence-electron chi connectivity index (χ1n) is 9.85. The fraction of sp³-hybridized carbons (Fsp3) is 0.500. The second kappa shape index (κ2) is 7.73. The lowest BCUT2D eigenvalue weighted by Crippen LogP contribution is -2.40. The van der Waals surface area contributed by atoms with Crippen molar-refractivity contribution in [3.05, 3.63) is 41.5 Å². The van der Waals surface area contributed by atoms with E-state index in [4.69, 9.17) is 4.52 Å². The maximum absolute atomic E-state index is 13.6. The van der Waals surface area contributed by atoms with Gasteiger partial charge in [-0.05, 0) is 38.8 Å². The Kier molecular flexibility index (Phi) is 5.25. The number of piperidine rings is 1. The highest BCUT2D eigenvalue weighted by Crippen LogP contribution is 2.40. The van der Waals surface area contributed by atoms with E-state index in [0.29, 0.717) is 25.9 Å². The van der Waals surface area contributed by atoms with Crippen molar-refractivity contribution in [2.24, 2.45) is 0 Å². The van der Waals surface area contributed by atoms with Gasteiger partial charge >= 0.3 is 6.18 Å². The molecule has 160 valence electrons. The molecule has 1 aliphatic heterocycles. The minimum atomic E-state index is -4.55. The molecular weight excluding hydrogens is 399 g/mol. The molecule has 0 aromatic carbocycles. The molecule has 1 fully saturated rings. The molecule has 30 heavy (non-hydrogen) atoms. The number of hydrogen-bond acceptors (Lipinski definition) is 5. The Hall–Kier alpha value is -2.91. The molecule has 0 N–H and O–H groups in total. The number of amides is 1. The summed E-state index contributed by atoms with van der Waals surface area (Å²) in [5.74, 6) is -0.393. The van der Waals surface area contributed by atoms with Crippen LogP contribution in [0.15, 0.2) is 29.0 Å². The van der Waals surface area contributed by atoms with Gasteiger partial charge in [0, 0.05) is 43.5 Å². The predicted molar refractivity (Wildman–Crippen MR) is 102 cm³/mol. The number of fused-ring (bicyclic) bond motifs is 1. The summed E-state index contributed by atoms with van der Waals surface area (Å²) in [5.41, 5.74) is -0.474. The number of likely N-dealkylation sites (tertiary alicyclic amines) is 1. The maximum atomic E-state index is 13.6. The van der Waals surface area contributed by atoms with Crippen molar-refractivity contribution < 1.29 is 22.5 Å². The highest BCUT2D eigenvalue weighted by molar-refractivity contribution is 5.82. The molecule has 0 radical (unpaired) electrons. The molecule has 0 unspecified atom stereocenters. The van der Waals surface area contributed by atoms with Gasteiger partial charge < -0.3 is 9.42 Å². The van der Waals surface area contributed by atoms with Gasteiger partial charge in [0.2, 0.25) is 5.91 Å². The molecule has 2 atom stereocenters. The third kappa shape index (κ3) is 3.90. The van der Waals surface area contributed by atoms with Gasteiger partial charge in [0.15, 0.2) is 0 Å². The van der Waals surface area contributed by atoms with Crippen LogP contribution in [0, 0.1) is 6.92 Å². The molecule has 7 nitrogen and oxygen atoms in total. The Morgan fingerprint density at radius 2 is 2.20 bits per heavy atom. The van der Waals surface area contributed by atoms with Crippen LogP contribution in [0.1, 0.15) is 55.1 Å². The van der Waals surface area contributed by atoms with Gasteiger partial charge in [0.25, 0.3) is 5.71 Å². The van der Waals surface area contributed by atoms with E-state index in [0.717, 1.165) is 6.07 Å². The first kappa shape index (κ1) is 20.4. The molecule has 3 aromatic rings. The van der Waals surface area contributed by atoms with Crippen molar-refractivity contribution in [2.45, 2.75) is 51.2 Å². The molecule has 0 spiro atoms. The summed E-state index contributed by atoms with van der Waals surface area (Å²) in [7, 11) is 0. The number of halogens is 3. The Morgan fingerprint density at radius 1 is 1.40 bits per heavy atom. The van der Waals surface area contributed by atoms with Crippen molar-refractivity contribution in [1.29, 1.82) is 0 Å².